The van der Waals surface area contributed by atoms with Gasteiger partial charge in [0.25, 0.3) is 5.91 Å². The Morgan fingerprint density at radius 1 is 1.25 bits per heavy atom. The molecule has 0 aromatic heterocycles. The maximum absolute atomic E-state index is 11.9. The molecule has 1 atom stereocenters. The summed E-state index contributed by atoms with van der Waals surface area (Å²) in [4.78, 5) is 25.1. The summed E-state index contributed by atoms with van der Waals surface area (Å²) in [6, 6.07) is 9.82. The lowest BCUT2D eigenvalue weighted by molar-refractivity contribution is -0.138. The second-order valence-corrected chi connectivity index (χ2v) is 6.83. The molecule has 0 saturated heterocycles. The first-order valence-electron chi connectivity index (χ1n) is 8.04. The van der Waals surface area contributed by atoms with Crippen molar-refractivity contribution in [3.8, 4) is 11.8 Å². The van der Waals surface area contributed by atoms with Gasteiger partial charge in [-0.25, -0.2) is 4.79 Å². The van der Waals surface area contributed by atoms with E-state index in [4.69, 9.17) is 33.2 Å². The number of ether oxygens (including phenoxy) is 1. The largest absolute Gasteiger partial charge is 0.482 e. The van der Waals surface area contributed by atoms with E-state index in [0.717, 1.165) is 0 Å². The zero-order valence-electron chi connectivity index (χ0n) is 15.1. The second-order valence-electron chi connectivity index (χ2n) is 5.99. The number of carbonyl (C=O) groups is 2. The van der Waals surface area contributed by atoms with E-state index >= 15 is 0 Å². The molecular weight excluding hydrogens is 405 g/mol. The zero-order valence-corrected chi connectivity index (χ0v) is 16.6. The average Bonchev–Trinajstić information content (AvgIpc) is 2.64. The molecule has 0 saturated carbocycles. The van der Waals surface area contributed by atoms with Crippen molar-refractivity contribution in [3.05, 3.63) is 57.6 Å². The summed E-state index contributed by atoms with van der Waals surface area (Å²) < 4.78 is 5.52. The van der Waals surface area contributed by atoms with E-state index in [1.165, 1.54) is 17.0 Å². The highest BCUT2D eigenvalue weighted by Crippen LogP contribution is 2.37. The van der Waals surface area contributed by atoms with Crippen molar-refractivity contribution in [2.75, 3.05) is 26.0 Å². The topological polar surface area (TPSA) is 103 Å². The highest BCUT2D eigenvalue weighted by molar-refractivity contribution is 6.35. The molecule has 0 fully saturated rings. The summed E-state index contributed by atoms with van der Waals surface area (Å²) >= 11 is 12.3. The van der Waals surface area contributed by atoms with Gasteiger partial charge >= 0.3 is 5.97 Å². The molecule has 9 heteroatoms. The molecule has 0 aliphatic rings. The first-order chi connectivity index (χ1) is 13.2. The van der Waals surface area contributed by atoms with Gasteiger partial charge in [0.05, 0.1) is 16.7 Å². The number of carboxylic acid groups (broad SMARTS) is 1. The van der Waals surface area contributed by atoms with Gasteiger partial charge in [0.15, 0.2) is 12.6 Å². The first-order valence-corrected chi connectivity index (χ1v) is 8.80. The molecule has 0 spiro atoms. The van der Waals surface area contributed by atoms with Crippen LogP contribution < -0.4 is 10.1 Å². The van der Waals surface area contributed by atoms with E-state index in [9.17, 15) is 14.7 Å². The molecule has 2 rings (SSSR count). The summed E-state index contributed by atoms with van der Waals surface area (Å²) in [7, 11) is 3.14. The Morgan fingerprint density at radius 2 is 1.89 bits per heavy atom. The Labute approximate surface area is 172 Å². The molecule has 28 heavy (non-hydrogen) atoms. The van der Waals surface area contributed by atoms with Gasteiger partial charge in [-0.1, -0.05) is 23.2 Å². The molecule has 0 bridgehead atoms. The Balaban J connectivity index is 2.40. The van der Waals surface area contributed by atoms with E-state index < -0.39 is 12.0 Å². The van der Waals surface area contributed by atoms with Crippen LogP contribution in [0.4, 0.5) is 5.69 Å². The summed E-state index contributed by atoms with van der Waals surface area (Å²) in [6.07, 6.45) is 0. The van der Waals surface area contributed by atoms with E-state index in [0.29, 0.717) is 11.3 Å². The van der Waals surface area contributed by atoms with Crippen LogP contribution in [0, 0.1) is 11.3 Å². The predicted molar refractivity (Wildman–Crippen MR) is 106 cm³/mol. The molecule has 2 aromatic rings. The number of hydrogen-bond donors (Lipinski definition) is 2. The molecule has 2 aromatic carbocycles. The minimum Gasteiger partial charge on any atom is -0.482 e. The maximum Gasteiger partial charge on any atom is 0.330 e. The van der Waals surface area contributed by atoms with Gasteiger partial charge in [0, 0.05) is 30.4 Å². The summed E-state index contributed by atoms with van der Waals surface area (Å²) in [5, 5.41) is 21.8. The number of anilines is 1. The van der Waals surface area contributed by atoms with Crippen molar-refractivity contribution >= 4 is 40.8 Å². The lowest BCUT2D eigenvalue weighted by atomic mass is 10.0. The van der Waals surface area contributed by atoms with Crippen LogP contribution in [0.15, 0.2) is 36.4 Å². The van der Waals surface area contributed by atoms with Crippen LogP contribution >= 0.6 is 23.2 Å². The number of carboxylic acids is 1. The van der Waals surface area contributed by atoms with Crippen LogP contribution in [0.1, 0.15) is 17.2 Å². The molecule has 1 unspecified atom stereocenters. The highest BCUT2D eigenvalue weighted by Gasteiger charge is 2.26. The fraction of sp³-hybridized carbons (Fsp3) is 0.211. The van der Waals surface area contributed by atoms with Crippen molar-refractivity contribution in [2.45, 2.75) is 6.04 Å². The third-order valence-corrected chi connectivity index (χ3v) is 4.26. The Kier molecular flexibility index (Phi) is 7.10. The van der Waals surface area contributed by atoms with Crippen LogP contribution in [0.5, 0.6) is 5.75 Å². The monoisotopic (exact) mass is 421 g/mol. The number of aliphatic carboxylic acids is 1. The number of nitrogens with zero attached hydrogens (tertiary/aromatic N) is 2. The van der Waals surface area contributed by atoms with Gasteiger partial charge in [-0.2, -0.15) is 5.26 Å². The lowest BCUT2D eigenvalue weighted by Crippen LogP contribution is -2.28. The number of hydrogen-bond acceptors (Lipinski definition) is 5. The van der Waals surface area contributed by atoms with Gasteiger partial charge in [-0.15, -0.1) is 0 Å². The van der Waals surface area contributed by atoms with Crippen LogP contribution in [0.25, 0.3) is 0 Å². The smallest absolute Gasteiger partial charge is 0.330 e. The summed E-state index contributed by atoms with van der Waals surface area (Å²) in [5.74, 6) is -1.47. The van der Waals surface area contributed by atoms with Crippen LogP contribution in [0.3, 0.4) is 0 Å². The predicted octanol–water partition coefficient (Wildman–Crippen LogP) is 3.57. The Morgan fingerprint density at radius 3 is 2.43 bits per heavy atom. The second kappa shape index (κ2) is 9.31. The number of carbonyl (C=O) groups excluding carboxylic acids is 1. The van der Waals surface area contributed by atoms with E-state index in [-0.39, 0.29) is 33.9 Å². The third-order valence-electron chi connectivity index (χ3n) is 3.76. The minimum absolute atomic E-state index is 0.0508. The van der Waals surface area contributed by atoms with Crippen molar-refractivity contribution < 1.29 is 19.4 Å². The van der Waals surface area contributed by atoms with Gasteiger partial charge < -0.3 is 20.1 Å². The number of benzene rings is 2. The molecule has 146 valence electrons. The number of amides is 1. The third kappa shape index (κ3) is 5.28. The standard InChI is InChI=1S/C19H17Cl2N3O4/c1-24(2)16(25)10-28-18-14(7-12(20)8-15(18)21)17(19(26)27)23-13-5-3-11(9-22)4-6-13/h3-8,17,23H,10H2,1-2H3,(H,26,27). The van der Waals surface area contributed by atoms with E-state index in [1.807, 2.05) is 6.07 Å². The lowest BCUT2D eigenvalue weighted by Gasteiger charge is -2.21. The van der Waals surface area contributed by atoms with Gasteiger partial charge in [-0.3, -0.25) is 4.79 Å². The number of nitriles is 1. The van der Waals surface area contributed by atoms with E-state index in [2.05, 4.69) is 5.32 Å². The van der Waals surface area contributed by atoms with Gasteiger partial charge in [0.1, 0.15) is 5.75 Å². The average molecular weight is 422 g/mol. The molecule has 0 aliphatic carbocycles. The molecule has 0 radical (unpaired) electrons. The SMILES string of the molecule is CN(C)C(=O)COc1c(Cl)cc(Cl)cc1C(Nc1ccc(C#N)cc1)C(=O)O. The summed E-state index contributed by atoms with van der Waals surface area (Å²) in [5.41, 5.74) is 1.08. The van der Waals surface area contributed by atoms with Crippen molar-refractivity contribution in [3.63, 3.8) is 0 Å². The Hall–Kier alpha value is -2.95. The molecule has 7 nitrogen and oxygen atoms in total. The first kappa shape index (κ1) is 21.4. The molecular formula is C19H17Cl2N3O4. The van der Waals surface area contributed by atoms with Crippen molar-refractivity contribution in [1.82, 2.24) is 4.90 Å². The quantitative estimate of drug-likeness (QED) is 0.707. The number of nitrogens with one attached hydrogen (secondary N) is 1. The molecule has 0 heterocycles. The van der Waals surface area contributed by atoms with Crippen LogP contribution in [-0.2, 0) is 9.59 Å². The molecule has 1 amide bonds. The Bertz CT molecular complexity index is 924. The molecule has 0 aliphatic heterocycles. The number of halogens is 2. The van der Waals surface area contributed by atoms with Gasteiger partial charge in [-0.05, 0) is 36.4 Å². The summed E-state index contributed by atoms with van der Waals surface area (Å²) in [6.45, 7) is -0.315. The zero-order chi connectivity index (χ0) is 20.8. The fourth-order valence-electron chi connectivity index (χ4n) is 2.29. The van der Waals surface area contributed by atoms with Crippen molar-refractivity contribution in [1.29, 1.82) is 5.26 Å². The normalized spacial score (nSPS) is 11.2. The number of rotatable bonds is 7. The van der Waals surface area contributed by atoms with Gasteiger partial charge in [0.2, 0.25) is 0 Å². The maximum atomic E-state index is 11.9. The fourth-order valence-corrected chi connectivity index (χ4v) is 2.85. The minimum atomic E-state index is -1.26. The molecule has 2 N–H and O–H groups in total. The van der Waals surface area contributed by atoms with Crippen LogP contribution in [0.2, 0.25) is 10.0 Å². The van der Waals surface area contributed by atoms with E-state index in [1.54, 1.807) is 38.4 Å². The highest BCUT2D eigenvalue weighted by atomic mass is 35.5. The van der Waals surface area contributed by atoms with Crippen LogP contribution in [-0.4, -0.2) is 42.6 Å². The number of likely N-dealkylation sites (N-methyl/N-ethyl adjacent to an activating group) is 1. The van der Waals surface area contributed by atoms with Crippen molar-refractivity contribution in [2.24, 2.45) is 0 Å².